The van der Waals surface area contributed by atoms with Crippen molar-refractivity contribution in [2.45, 2.75) is 38.8 Å². The molecule has 0 saturated carbocycles. The molecule has 0 aromatic carbocycles. The summed E-state index contributed by atoms with van der Waals surface area (Å²) in [6, 6.07) is 0. The van der Waals surface area contributed by atoms with Crippen LogP contribution in [0.2, 0.25) is 4.22 Å². The van der Waals surface area contributed by atoms with Crippen molar-refractivity contribution in [3.05, 3.63) is 36.5 Å². The molecule has 0 aliphatic carbocycles. The fourth-order valence-corrected chi connectivity index (χ4v) is 8.68. The molecule has 0 spiro atoms. The minimum absolute atomic E-state index is 0.262. The molecule has 4 heteroatoms. The van der Waals surface area contributed by atoms with Crippen LogP contribution >= 0.6 is 0 Å². The Morgan fingerprint density at radius 3 is 1.05 bits per heavy atom. The Balaban J connectivity index is 6.38. The summed E-state index contributed by atoms with van der Waals surface area (Å²) in [5.74, 6) is 0. The maximum atomic E-state index is 12.6. The molecule has 0 unspecified atom stereocenters. The van der Waals surface area contributed by atoms with E-state index in [0.717, 1.165) is 0 Å². The van der Waals surface area contributed by atoms with Crippen molar-refractivity contribution in [3.8, 4) is 0 Å². The molecule has 19 heavy (non-hydrogen) atoms. The fraction of sp³-hybridized carbons (Fsp3) is 0.400. The predicted molar refractivity (Wildman–Crippen MR) is 74.6 cm³/mol. The quantitative estimate of drug-likeness (QED) is 0.535. The van der Waals surface area contributed by atoms with E-state index in [1.54, 1.807) is 34.6 Å². The van der Waals surface area contributed by atoms with E-state index < -0.39 is 16.6 Å². The first-order valence-corrected chi connectivity index (χ1v) is 9.36. The summed E-state index contributed by atoms with van der Waals surface area (Å²) in [6.45, 7) is 19.0. The SMILES string of the molecule is C=C(C)[C](=O)[Ti]([C](=O)C(=C)C)([C](=O)C(=C)C)[CH](C)C. The van der Waals surface area contributed by atoms with Crippen molar-refractivity contribution in [2.24, 2.45) is 0 Å². The topological polar surface area (TPSA) is 51.2 Å². The second-order valence-corrected chi connectivity index (χ2v) is 11.7. The van der Waals surface area contributed by atoms with E-state index >= 15 is 0 Å². The van der Waals surface area contributed by atoms with Crippen LogP contribution in [-0.4, -0.2) is 12.3 Å². The summed E-state index contributed by atoms with van der Waals surface area (Å²) < 4.78 is -1.40. The summed E-state index contributed by atoms with van der Waals surface area (Å²) in [6.07, 6.45) is 0. The van der Waals surface area contributed by atoms with Crippen molar-refractivity contribution in [1.29, 1.82) is 0 Å². The monoisotopic (exact) mass is 298 g/mol. The molecule has 0 aromatic rings. The van der Waals surface area contributed by atoms with Gasteiger partial charge in [-0.2, -0.15) is 0 Å². The van der Waals surface area contributed by atoms with E-state index in [-0.39, 0.29) is 33.2 Å². The number of allylic oxidation sites excluding steroid dienone is 3. The van der Waals surface area contributed by atoms with Crippen molar-refractivity contribution < 1.29 is 31.0 Å². The molecule has 0 heterocycles. The zero-order chi connectivity index (χ0) is 15.5. The van der Waals surface area contributed by atoms with Gasteiger partial charge in [-0.1, -0.05) is 0 Å². The molecule has 0 aliphatic rings. The van der Waals surface area contributed by atoms with Gasteiger partial charge in [0, 0.05) is 0 Å². The maximum absolute atomic E-state index is 12.6. The van der Waals surface area contributed by atoms with E-state index in [4.69, 9.17) is 0 Å². The summed E-state index contributed by atoms with van der Waals surface area (Å²) in [7, 11) is 0. The van der Waals surface area contributed by atoms with Crippen molar-refractivity contribution >= 4 is 12.3 Å². The van der Waals surface area contributed by atoms with Gasteiger partial charge in [-0.05, 0) is 0 Å². The van der Waals surface area contributed by atoms with Gasteiger partial charge in [0.05, 0.1) is 0 Å². The minimum atomic E-state index is -4.22. The van der Waals surface area contributed by atoms with Crippen molar-refractivity contribution in [1.82, 2.24) is 0 Å². The number of rotatable bonds is 7. The molecule has 0 aliphatic heterocycles. The number of hydrogen-bond donors (Lipinski definition) is 0. The van der Waals surface area contributed by atoms with E-state index in [0.29, 0.717) is 0 Å². The molecule has 0 saturated heterocycles. The van der Waals surface area contributed by atoms with Crippen LogP contribution in [0.25, 0.3) is 0 Å². The van der Waals surface area contributed by atoms with Gasteiger partial charge in [-0.3, -0.25) is 0 Å². The summed E-state index contributed by atoms with van der Waals surface area (Å²) in [4.78, 5) is 37.7. The van der Waals surface area contributed by atoms with Crippen LogP contribution in [0.4, 0.5) is 0 Å². The first-order valence-electron chi connectivity index (χ1n) is 6.12. The molecule has 0 amide bonds. The van der Waals surface area contributed by atoms with Crippen LogP contribution in [0.1, 0.15) is 34.6 Å². The first kappa shape index (κ1) is 17.9. The Bertz CT molecular complexity index is 419. The molecule has 0 radical (unpaired) electrons. The second-order valence-electron chi connectivity index (χ2n) is 5.29. The number of carbonyl (C=O) groups excluding carboxylic acids is 3. The Labute approximate surface area is 118 Å². The van der Waals surface area contributed by atoms with Gasteiger partial charge < -0.3 is 0 Å². The first-order chi connectivity index (χ1) is 8.51. The number of carbonyl (C=O) groups is 3. The molecular weight excluding hydrogens is 276 g/mol. The van der Waals surface area contributed by atoms with E-state index in [9.17, 15) is 14.4 Å². The van der Waals surface area contributed by atoms with E-state index in [1.807, 2.05) is 0 Å². The Morgan fingerprint density at radius 1 is 0.737 bits per heavy atom. The van der Waals surface area contributed by atoms with Gasteiger partial charge in [-0.15, -0.1) is 0 Å². The van der Waals surface area contributed by atoms with Gasteiger partial charge in [0.1, 0.15) is 0 Å². The van der Waals surface area contributed by atoms with Gasteiger partial charge in [0.2, 0.25) is 0 Å². The molecule has 0 bridgehead atoms. The Kier molecular flexibility index (Phi) is 6.04. The Hall–Kier alpha value is -1.06. The van der Waals surface area contributed by atoms with Crippen LogP contribution in [0.3, 0.4) is 0 Å². The van der Waals surface area contributed by atoms with Crippen LogP contribution < -0.4 is 0 Å². The average Bonchev–Trinajstić information content (AvgIpc) is 2.28. The number of hydrogen-bond acceptors (Lipinski definition) is 3. The van der Waals surface area contributed by atoms with Gasteiger partial charge in [0.15, 0.2) is 0 Å². The van der Waals surface area contributed by atoms with E-state index in [2.05, 4.69) is 19.7 Å². The zero-order valence-electron chi connectivity index (χ0n) is 12.4. The van der Waals surface area contributed by atoms with Crippen molar-refractivity contribution in [3.63, 3.8) is 0 Å². The summed E-state index contributed by atoms with van der Waals surface area (Å²) in [5, 5.41) is 0. The molecule has 3 nitrogen and oxygen atoms in total. The van der Waals surface area contributed by atoms with Crippen LogP contribution in [0, 0.1) is 0 Å². The third kappa shape index (κ3) is 3.10. The standard InChI is InChI=1S/3C4H5O.C3H7.Ti/c3*1-4(2)3-5;1-3-2;/h3*1H2,2H3;3H,1-2H3;. The zero-order valence-corrected chi connectivity index (χ0v) is 14.0. The molecule has 0 atom stereocenters. The van der Waals surface area contributed by atoms with E-state index in [1.165, 1.54) is 0 Å². The normalized spacial score (nSPS) is 11.1. The fourth-order valence-electron chi connectivity index (χ4n) is 2.11. The third-order valence-corrected chi connectivity index (χ3v) is 11.2. The van der Waals surface area contributed by atoms with Crippen molar-refractivity contribution in [2.75, 3.05) is 0 Å². The molecular formula is C15H22O3Ti. The summed E-state index contributed by atoms with van der Waals surface area (Å²) >= 11 is -4.22. The third-order valence-electron chi connectivity index (χ3n) is 3.10. The molecule has 104 valence electrons. The predicted octanol–water partition coefficient (Wildman–Crippen LogP) is 3.28. The molecule has 0 N–H and O–H groups in total. The molecule has 0 fully saturated rings. The summed E-state index contributed by atoms with van der Waals surface area (Å²) in [5.41, 5.74) is 0.786. The van der Waals surface area contributed by atoms with Crippen LogP contribution in [0.5, 0.6) is 0 Å². The molecule has 0 aromatic heterocycles. The van der Waals surface area contributed by atoms with Crippen LogP contribution in [-0.2, 0) is 31.0 Å². The second kappa shape index (κ2) is 6.40. The average molecular weight is 298 g/mol. The van der Waals surface area contributed by atoms with Gasteiger partial charge >= 0.3 is 119 Å². The van der Waals surface area contributed by atoms with Crippen LogP contribution in [0.15, 0.2) is 36.5 Å². The molecule has 0 rings (SSSR count). The van der Waals surface area contributed by atoms with Gasteiger partial charge in [0.25, 0.3) is 0 Å². The Morgan fingerprint density at radius 2 is 0.947 bits per heavy atom. The van der Waals surface area contributed by atoms with Gasteiger partial charge in [-0.25, -0.2) is 0 Å².